The zero-order valence-corrected chi connectivity index (χ0v) is 8.27. The Morgan fingerprint density at radius 1 is 1.09 bits per heavy atom. The molecule has 1 nitrogen and oxygen atoms in total. The molecule has 0 bridgehead atoms. The number of nitrogens with two attached hydrogens (primary N) is 1. The van der Waals surface area contributed by atoms with Crippen molar-refractivity contribution in [3.05, 3.63) is 0 Å². The lowest BCUT2D eigenvalue weighted by atomic mass is 10.0. The molecular formula is C10H23N. The number of rotatable bonds is 6. The molecule has 0 aromatic rings. The molecule has 2 N–H and O–H groups in total. The van der Waals surface area contributed by atoms with Gasteiger partial charge >= 0.3 is 0 Å². The lowest BCUT2D eigenvalue weighted by Crippen LogP contribution is -2.19. The van der Waals surface area contributed by atoms with Crippen LogP contribution in [0.15, 0.2) is 0 Å². The van der Waals surface area contributed by atoms with E-state index in [4.69, 9.17) is 5.73 Å². The second-order valence-electron chi connectivity index (χ2n) is 3.87. The van der Waals surface area contributed by atoms with Crippen molar-refractivity contribution in [3.8, 4) is 0 Å². The maximum atomic E-state index is 5.87. The number of hydrogen-bond acceptors (Lipinski definition) is 1. The van der Waals surface area contributed by atoms with Gasteiger partial charge in [-0.15, -0.1) is 0 Å². The maximum absolute atomic E-state index is 5.87. The fraction of sp³-hybridized carbons (Fsp3) is 1.00. The van der Waals surface area contributed by atoms with Crippen LogP contribution in [0.3, 0.4) is 0 Å². The molecule has 0 rings (SSSR count). The predicted octanol–water partition coefficient (Wildman–Crippen LogP) is 2.94. The molecule has 11 heavy (non-hydrogen) atoms. The summed E-state index contributed by atoms with van der Waals surface area (Å²) in [6.45, 7) is 6.74. The van der Waals surface area contributed by atoms with Crippen LogP contribution in [0, 0.1) is 5.92 Å². The Morgan fingerprint density at radius 3 is 2.18 bits per heavy atom. The van der Waals surface area contributed by atoms with Gasteiger partial charge in [-0.2, -0.15) is 0 Å². The van der Waals surface area contributed by atoms with Gasteiger partial charge in [-0.3, -0.25) is 0 Å². The Labute approximate surface area is 71.4 Å². The van der Waals surface area contributed by atoms with E-state index >= 15 is 0 Å². The van der Waals surface area contributed by atoms with E-state index in [9.17, 15) is 0 Å². The molecular weight excluding hydrogens is 134 g/mol. The highest BCUT2D eigenvalue weighted by Crippen LogP contribution is 2.09. The first-order chi connectivity index (χ1) is 5.16. The Bertz CT molecular complexity index is 78.9. The first-order valence-corrected chi connectivity index (χ1v) is 4.92. The first-order valence-electron chi connectivity index (χ1n) is 4.92. The average molecular weight is 157 g/mol. The molecule has 0 amide bonds. The highest BCUT2D eigenvalue weighted by Gasteiger charge is 2.01. The van der Waals surface area contributed by atoms with E-state index < -0.39 is 0 Å². The highest BCUT2D eigenvalue weighted by molar-refractivity contribution is 4.60. The quantitative estimate of drug-likeness (QED) is 0.630. The van der Waals surface area contributed by atoms with Crippen molar-refractivity contribution in [2.75, 3.05) is 0 Å². The van der Waals surface area contributed by atoms with Crippen LogP contribution in [0.2, 0.25) is 0 Å². The van der Waals surface area contributed by atoms with Crippen LogP contribution < -0.4 is 5.73 Å². The monoisotopic (exact) mass is 157 g/mol. The third kappa shape index (κ3) is 7.86. The molecule has 0 aliphatic rings. The standard InChI is InChI=1S/C10H23N/c1-4-6-10(11)8-5-7-9(2)3/h9-10H,4-8,11H2,1-3H3/t10-/m0/s1. The fourth-order valence-electron chi connectivity index (χ4n) is 1.30. The van der Waals surface area contributed by atoms with Crippen molar-refractivity contribution in [3.63, 3.8) is 0 Å². The molecule has 0 saturated carbocycles. The Morgan fingerprint density at radius 2 is 1.73 bits per heavy atom. The van der Waals surface area contributed by atoms with Crippen molar-refractivity contribution in [1.29, 1.82) is 0 Å². The average Bonchev–Trinajstić information content (AvgIpc) is 1.87. The lowest BCUT2D eigenvalue weighted by Gasteiger charge is -2.10. The van der Waals surface area contributed by atoms with Crippen LogP contribution in [-0.2, 0) is 0 Å². The van der Waals surface area contributed by atoms with Crippen LogP contribution in [0.5, 0.6) is 0 Å². The molecule has 1 atom stereocenters. The molecule has 0 heterocycles. The van der Waals surface area contributed by atoms with Gasteiger partial charge in [-0.25, -0.2) is 0 Å². The van der Waals surface area contributed by atoms with Crippen LogP contribution in [0.1, 0.15) is 52.9 Å². The van der Waals surface area contributed by atoms with Crippen LogP contribution >= 0.6 is 0 Å². The summed E-state index contributed by atoms with van der Waals surface area (Å²) in [5, 5.41) is 0. The minimum Gasteiger partial charge on any atom is -0.328 e. The summed E-state index contributed by atoms with van der Waals surface area (Å²) < 4.78 is 0. The third-order valence-electron chi connectivity index (χ3n) is 2.02. The summed E-state index contributed by atoms with van der Waals surface area (Å²) in [5.74, 6) is 0.837. The van der Waals surface area contributed by atoms with Gasteiger partial charge in [0.05, 0.1) is 0 Å². The molecule has 0 aromatic carbocycles. The molecule has 0 fully saturated rings. The van der Waals surface area contributed by atoms with Gasteiger partial charge in [0.1, 0.15) is 0 Å². The fourth-order valence-corrected chi connectivity index (χ4v) is 1.30. The maximum Gasteiger partial charge on any atom is 0.00387 e. The Kier molecular flexibility index (Phi) is 6.63. The third-order valence-corrected chi connectivity index (χ3v) is 2.02. The van der Waals surface area contributed by atoms with E-state index in [0.29, 0.717) is 6.04 Å². The predicted molar refractivity (Wildman–Crippen MR) is 51.6 cm³/mol. The molecule has 0 radical (unpaired) electrons. The van der Waals surface area contributed by atoms with Gasteiger partial charge < -0.3 is 5.73 Å². The van der Waals surface area contributed by atoms with Gasteiger partial charge in [0.2, 0.25) is 0 Å². The molecule has 68 valence electrons. The summed E-state index contributed by atoms with van der Waals surface area (Å²) in [7, 11) is 0. The van der Waals surface area contributed by atoms with Crippen molar-refractivity contribution in [2.24, 2.45) is 11.7 Å². The van der Waals surface area contributed by atoms with Crippen molar-refractivity contribution < 1.29 is 0 Å². The largest absolute Gasteiger partial charge is 0.328 e. The summed E-state index contributed by atoms with van der Waals surface area (Å²) in [5.41, 5.74) is 5.87. The summed E-state index contributed by atoms with van der Waals surface area (Å²) in [6.07, 6.45) is 6.27. The van der Waals surface area contributed by atoms with Crippen LogP contribution in [-0.4, -0.2) is 6.04 Å². The topological polar surface area (TPSA) is 26.0 Å². The Balaban J connectivity index is 3.10. The van der Waals surface area contributed by atoms with Gasteiger partial charge in [0.15, 0.2) is 0 Å². The number of hydrogen-bond donors (Lipinski definition) is 1. The smallest absolute Gasteiger partial charge is 0.00387 e. The van der Waals surface area contributed by atoms with E-state index in [1.807, 2.05) is 0 Å². The molecule has 0 aliphatic heterocycles. The minimum absolute atomic E-state index is 0.457. The molecule has 1 heteroatoms. The Hall–Kier alpha value is -0.0400. The molecule has 0 aliphatic carbocycles. The van der Waals surface area contributed by atoms with Crippen molar-refractivity contribution >= 4 is 0 Å². The molecule has 0 aromatic heterocycles. The summed E-state index contributed by atoms with van der Waals surface area (Å²) in [6, 6.07) is 0.457. The lowest BCUT2D eigenvalue weighted by molar-refractivity contribution is 0.480. The van der Waals surface area contributed by atoms with Crippen molar-refractivity contribution in [1.82, 2.24) is 0 Å². The van der Waals surface area contributed by atoms with Crippen molar-refractivity contribution in [2.45, 2.75) is 58.9 Å². The first kappa shape index (κ1) is 11.0. The molecule has 0 unspecified atom stereocenters. The van der Waals surface area contributed by atoms with E-state index in [0.717, 1.165) is 5.92 Å². The van der Waals surface area contributed by atoms with Gasteiger partial charge in [0, 0.05) is 6.04 Å². The van der Waals surface area contributed by atoms with E-state index in [2.05, 4.69) is 20.8 Å². The van der Waals surface area contributed by atoms with E-state index in [1.165, 1.54) is 32.1 Å². The van der Waals surface area contributed by atoms with Crippen LogP contribution in [0.25, 0.3) is 0 Å². The second-order valence-corrected chi connectivity index (χ2v) is 3.87. The molecule has 0 saturated heterocycles. The highest BCUT2D eigenvalue weighted by atomic mass is 14.6. The second kappa shape index (κ2) is 6.66. The zero-order chi connectivity index (χ0) is 8.69. The zero-order valence-electron chi connectivity index (χ0n) is 8.27. The van der Waals surface area contributed by atoms with Gasteiger partial charge in [-0.1, -0.05) is 40.0 Å². The summed E-state index contributed by atoms with van der Waals surface area (Å²) in [4.78, 5) is 0. The van der Waals surface area contributed by atoms with E-state index in [-0.39, 0.29) is 0 Å². The minimum atomic E-state index is 0.457. The summed E-state index contributed by atoms with van der Waals surface area (Å²) >= 11 is 0. The SMILES string of the molecule is CCC[C@H](N)CCCC(C)C. The molecule has 0 spiro atoms. The van der Waals surface area contributed by atoms with E-state index in [1.54, 1.807) is 0 Å². The van der Waals surface area contributed by atoms with Gasteiger partial charge in [0.25, 0.3) is 0 Å². The van der Waals surface area contributed by atoms with Gasteiger partial charge in [-0.05, 0) is 18.8 Å². The van der Waals surface area contributed by atoms with Crippen LogP contribution in [0.4, 0.5) is 0 Å². The normalized spacial score (nSPS) is 13.9.